The third kappa shape index (κ3) is 3.42. The van der Waals surface area contributed by atoms with Gasteiger partial charge in [-0.3, -0.25) is 4.79 Å². The molecule has 5 aromatic rings. The van der Waals surface area contributed by atoms with Crippen LogP contribution in [0.3, 0.4) is 0 Å². The maximum Gasteiger partial charge on any atom is 0.261 e. The normalized spacial score (nSPS) is 11.3. The second-order valence-electron chi connectivity index (χ2n) is 7.51. The maximum absolute atomic E-state index is 13.2. The van der Waals surface area contributed by atoms with Crippen LogP contribution in [-0.2, 0) is 17.9 Å². The first-order valence-corrected chi connectivity index (χ1v) is 10.3. The highest BCUT2D eigenvalue weighted by Crippen LogP contribution is 2.29. The molecular formula is C25H22N4O3. The average Bonchev–Trinajstić information content (AvgIpc) is 3.20. The van der Waals surface area contributed by atoms with Gasteiger partial charge in [-0.05, 0) is 29.3 Å². The van der Waals surface area contributed by atoms with E-state index in [4.69, 9.17) is 14.6 Å². The molecule has 0 radical (unpaired) electrons. The van der Waals surface area contributed by atoms with Crippen molar-refractivity contribution in [3.05, 3.63) is 94.7 Å². The molecule has 0 aliphatic carbocycles. The van der Waals surface area contributed by atoms with Crippen LogP contribution in [0.25, 0.3) is 27.7 Å². The van der Waals surface area contributed by atoms with E-state index in [0.717, 1.165) is 28.1 Å². The van der Waals surface area contributed by atoms with Gasteiger partial charge in [0, 0.05) is 19.5 Å². The third-order valence-electron chi connectivity index (χ3n) is 5.51. The zero-order valence-electron chi connectivity index (χ0n) is 17.9. The van der Waals surface area contributed by atoms with Crippen LogP contribution in [0.1, 0.15) is 11.3 Å². The minimum Gasteiger partial charge on any atom is -0.497 e. The van der Waals surface area contributed by atoms with Crippen molar-refractivity contribution in [2.45, 2.75) is 13.2 Å². The molecule has 0 aliphatic heterocycles. The number of methoxy groups -OCH3 is 2. The summed E-state index contributed by atoms with van der Waals surface area (Å²) in [4.78, 5) is 17.9. The molecular weight excluding hydrogens is 404 g/mol. The van der Waals surface area contributed by atoms with Crippen LogP contribution in [0.15, 0.2) is 77.9 Å². The van der Waals surface area contributed by atoms with Crippen LogP contribution in [0.4, 0.5) is 0 Å². The largest absolute Gasteiger partial charge is 0.497 e. The lowest BCUT2D eigenvalue weighted by Crippen LogP contribution is -2.21. The quantitative estimate of drug-likeness (QED) is 0.412. The fraction of sp³-hybridized carbons (Fsp3) is 0.160. The summed E-state index contributed by atoms with van der Waals surface area (Å²) in [5.41, 5.74) is 5.01. The predicted molar refractivity (Wildman–Crippen MR) is 123 cm³/mol. The number of hydrogen-bond acceptors (Lipinski definition) is 5. The average molecular weight is 426 g/mol. The first-order valence-electron chi connectivity index (χ1n) is 10.3. The molecule has 2 aromatic carbocycles. The molecule has 0 aliphatic rings. The molecule has 5 rings (SSSR count). The van der Waals surface area contributed by atoms with Gasteiger partial charge in [-0.1, -0.05) is 42.5 Å². The molecule has 3 heterocycles. The van der Waals surface area contributed by atoms with E-state index in [1.807, 2.05) is 60.7 Å². The monoisotopic (exact) mass is 426 g/mol. The van der Waals surface area contributed by atoms with Gasteiger partial charge in [0.2, 0.25) is 0 Å². The maximum atomic E-state index is 13.2. The molecule has 0 N–H and O–H groups in total. The molecule has 3 aromatic heterocycles. The summed E-state index contributed by atoms with van der Waals surface area (Å²) in [6.45, 7) is 0.809. The lowest BCUT2D eigenvalue weighted by Gasteiger charge is -2.09. The van der Waals surface area contributed by atoms with Crippen molar-refractivity contribution in [1.29, 1.82) is 0 Å². The van der Waals surface area contributed by atoms with Crippen molar-refractivity contribution in [3.8, 4) is 16.9 Å². The number of nitrogens with zero attached hydrogens (tertiary/aromatic N) is 4. The Morgan fingerprint density at radius 2 is 1.75 bits per heavy atom. The van der Waals surface area contributed by atoms with Crippen molar-refractivity contribution < 1.29 is 9.47 Å². The van der Waals surface area contributed by atoms with Gasteiger partial charge < -0.3 is 14.0 Å². The topological polar surface area (TPSA) is 70.7 Å². The first kappa shape index (κ1) is 20.0. The molecule has 0 amide bonds. The minimum atomic E-state index is -0.113. The van der Waals surface area contributed by atoms with Crippen molar-refractivity contribution in [1.82, 2.24) is 19.2 Å². The Bertz CT molecular complexity index is 1450. The van der Waals surface area contributed by atoms with Crippen LogP contribution in [0.5, 0.6) is 5.75 Å². The molecule has 0 atom stereocenters. The minimum absolute atomic E-state index is 0.113. The van der Waals surface area contributed by atoms with Gasteiger partial charge in [-0.2, -0.15) is 5.10 Å². The molecule has 0 saturated heterocycles. The van der Waals surface area contributed by atoms with Gasteiger partial charge >= 0.3 is 0 Å². The second-order valence-corrected chi connectivity index (χ2v) is 7.51. The number of fused-ring (bicyclic) bond motifs is 3. The number of hydrogen-bond donors (Lipinski definition) is 0. The smallest absolute Gasteiger partial charge is 0.261 e. The molecule has 0 spiro atoms. The van der Waals surface area contributed by atoms with E-state index in [2.05, 4.69) is 4.98 Å². The van der Waals surface area contributed by atoms with Crippen LogP contribution >= 0.6 is 0 Å². The molecule has 0 unspecified atom stereocenters. The molecule has 7 nitrogen and oxygen atoms in total. The van der Waals surface area contributed by atoms with E-state index < -0.39 is 0 Å². The Hall–Kier alpha value is -3.97. The molecule has 7 heteroatoms. The number of ether oxygens (including phenoxy) is 2. The zero-order valence-corrected chi connectivity index (χ0v) is 17.9. The lowest BCUT2D eigenvalue weighted by molar-refractivity contribution is 0.181. The number of benzene rings is 2. The summed E-state index contributed by atoms with van der Waals surface area (Å²) < 4.78 is 14.0. The molecule has 32 heavy (non-hydrogen) atoms. The SMILES string of the molecule is COCc1nn2c(ncc3c(=O)n(Cc4ccc(OC)cc4)ccc32)c1-c1ccccc1. The van der Waals surface area contributed by atoms with Gasteiger partial charge in [0.25, 0.3) is 5.56 Å². The Kier molecular flexibility index (Phi) is 5.17. The summed E-state index contributed by atoms with van der Waals surface area (Å²) in [5.74, 6) is 0.783. The Morgan fingerprint density at radius 1 is 0.969 bits per heavy atom. The van der Waals surface area contributed by atoms with Crippen LogP contribution in [0, 0.1) is 0 Å². The van der Waals surface area contributed by atoms with Crippen molar-refractivity contribution in [2.75, 3.05) is 14.2 Å². The molecule has 0 bridgehead atoms. The Balaban J connectivity index is 1.64. The number of pyridine rings is 1. The van der Waals surface area contributed by atoms with Crippen molar-refractivity contribution in [2.24, 2.45) is 0 Å². The molecule has 0 saturated carbocycles. The van der Waals surface area contributed by atoms with Crippen LogP contribution in [0.2, 0.25) is 0 Å². The third-order valence-corrected chi connectivity index (χ3v) is 5.51. The summed E-state index contributed by atoms with van der Waals surface area (Å²) in [6.07, 6.45) is 3.44. The zero-order chi connectivity index (χ0) is 22.1. The highest BCUT2D eigenvalue weighted by Gasteiger charge is 2.18. The molecule has 0 fully saturated rings. The summed E-state index contributed by atoms with van der Waals surface area (Å²) in [6, 6.07) is 19.6. The van der Waals surface area contributed by atoms with Gasteiger partial charge in [0.1, 0.15) is 5.75 Å². The lowest BCUT2D eigenvalue weighted by atomic mass is 10.1. The molecule has 160 valence electrons. The van der Waals surface area contributed by atoms with Crippen molar-refractivity contribution in [3.63, 3.8) is 0 Å². The highest BCUT2D eigenvalue weighted by atomic mass is 16.5. The first-order chi connectivity index (χ1) is 15.7. The summed E-state index contributed by atoms with van der Waals surface area (Å²) in [5, 5.41) is 5.26. The van der Waals surface area contributed by atoms with Gasteiger partial charge in [-0.15, -0.1) is 0 Å². The van der Waals surface area contributed by atoms with E-state index in [-0.39, 0.29) is 5.56 Å². The Morgan fingerprint density at radius 3 is 2.47 bits per heavy atom. The standard InChI is InChI=1S/C25H22N4O3/c1-31-16-21-23(18-6-4-3-5-7-18)24-26-14-20-22(29(24)27-21)12-13-28(25(20)30)15-17-8-10-19(32-2)11-9-17/h3-14H,15-16H2,1-2H3. The summed E-state index contributed by atoms with van der Waals surface area (Å²) >= 11 is 0. The van der Waals surface area contributed by atoms with Crippen LogP contribution < -0.4 is 10.3 Å². The van der Waals surface area contributed by atoms with E-state index in [0.29, 0.717) is 29.7 Å². The Labute approximate surface area is 184 Å². The van der Waals surface area contributed by atoms with E-state index in [9.17, 15) is 4.79 Å². The predicted octanol–water partition coefficient (Wildman–Crippen LogP) is 3.91. The van der Waals surface area contributed by atoms with Gasteiger partial charge in [-0.25, -0.2) is 9.50 Å². The van der Waals surface area contributed by atoms with Crippen LogP contribution in [-0.4, -0.2) is 33.4 Å². The van der Waals surface area contributed by atoms with Gasteiger partial charge in [0.05, 0.1) is 42.4 Å². The van der Waals surface area contributed by atoms with E-state index in [1.165, 1.54) is 0 Å². The van der Waals surface area contributed by atoms with Crippen molar-refractivity contribution >= 4 is 16.6 Å². The number of rotatable bonds is 6. The van der Waals surface area contributed by atoms with E-state index in [1.54, 1.807) is 35.7 Å². The fourth-order valence-electron chi connectivity index (χ4n) is 3.94. The summed E-state index contributed by atoms with van der Waals surface area (Å²) in [7, 11) is 3.27. The second kappa shape index (κ2) is 8.28. The number of aromatic nitrogens is 4. The fourth-order valence-corrected chi connectivity index (χ4v) is 3.94. The van der Waals surface area contributed by atoms with Gasteiger partial charge in [0.15, 0.2) is 5.65 Å². The highest BCUT2D eigenvalue weighted by molar-refractivity contribution is 5.86. The van der Waals surface area contributed by atoms with E-state index >= 15 is 0 Å².